The molecule has 0 atom stereocenters. The van der Waals surface area contributed by atoms with Crippen molar-refractivity contribution < 1.29 is 0 Å². The van der Waals surface area contributed by atoms with Gasteiger partial charge in [0.1, 0.15) is 5.82 Å². The Labute approximate surface area is 122 Å². The average molecular weight is 282 g/mol. The van der Waals surface area contributed by atoms with E-state index < -0.39 is 0 Å². The van der Waals surface area contributed by atoms with Crippen LogP contribution < -0.4 is 0 Å². The van der Waals surface area contributed by atoms with Gasteiger partial charge in [0.15, 0.2) is 0 Å². The highest BCUT2D eigenvalue weighted by molar-refractivity contribution is 6.31. The summed E-state index contributed by atoms with van der Waals surface area (Å²) in [6, 6.07) is 17.8. The zero-order valence-corrected chi connectivity index (χ0v) is 11.5. The first-order chi connectivity index (χ1) is 9.79. The molecule has 3 aromatic rings. The van der Waals surface area contributed by atoms with Crippen LogP contribution in [-0.4, -0.2) is 9.55 Å². The van der Waals surface area contributed by atoms with Crippen LogP contribution in [0.1, 0.15) is 11.4 Å². The van der Waals surface area contributed by atoms with Crippen LogP contribution in [0.5, 0.6) is 0 Å². The molecule has 20 heavy (non-hydrogen) atoms. The number of para-hydroxylation sites is 2. The van der Waals surface area contributed by atoms with Crippen molar-refractivity contribution in [3.8, 4) is 6.07 Å². The summed E-state index contributed by atoms with van der Waals surface area (Å²) in [6.45, 7) is 0.622. The summed E-state index contributed by atoms with van der Waals surface area (Å²) in [5.41, 5.74) is 2.96. The molecule has 0 unspecified atom stereocenters. The second-order valence-electron chi connectivity index (χ2n) is 4.53. The molecule has 1 aromatic heterocycles. The molecule has 0 spiro atoms. The minimum absolute atomic E-state index is 0.291. The molecule has 2 aromatic carbocycles. The number of aromatic nitrogens is 2. The number of hydrogen-bond acceptors (Lipinski definition) is 2. The summed E-state index contributed by atoms with van der Waals surface area (Å²) < 4.78 is 2.06. The van der Waals surface area contributed by atoms with Crippen molar-refractivity contribution in [2.75, 3.05) is 0 Å². The number of nitrogens with zero attached hydrogens (tertiary/aromatic N) is 3. The molecule has 98 valence electrons. The molecule has 0 radical (unpaired) electrons. The number of rotatable bonds is 3. The van der Waals surface area contributed by atoms with E-state index in [9.17, 15) is 0 Å². The Morgan fingerprint density at radius 2 is 1.85 bits per heavy atom. The van der Waals surface area contributed by atoms with Gasteiger partial charge in [-0.05, 0) is 23.8 Å². The number of halogens is 1. The number of nitriles is 1. The first-order valence-electron chi connectivity index (χ1n) is 6.34. The van der Waals surface area contributed by atoms with Crippen molar-refractivity contribution in [1.82, 2.24) is 9.55 Å². The Bertz CT molecular complexity index is 799. The van der Waals surface area contributed by atoms with Gasteiger partial charge in [0.05, 0.1) is 30.1 Å². The van der Waals surface area contributed by atoms with E-state index in [1.807, 2.05) is 48.5 Å². The predicted octanol–water partition coefficient (Wildman–Crippen LogP) is 3.80. The normalized spacial score (nSPS) is 10.6. The lowest BCUT2D eigenvalue weighted by Gasteiger charge is -2.09. The lowest BCUT2D eigenvalue weighted by atomic mass is 10.2. The zero-order chi connectivity index (χ0) is 13.9. The Kier molecular flexibility index (Phi) is 3.41. The topological polar surface area (TPSA) is 41.6 Å². The largest absolute Gasteiger partial charge is 0.323 e. The Morgan fingerprint density at radius 3 is 2.65 bits per heavy atom. The first-order valence-corrected chi connectivity index (χ1v) is 6.72. The van der Waals surface area contributed by atoms with Gasteiger partial charge in [-0.25, -0.2) is 4.98 Å². The van der Waals surface area contributed by atoms with E-state index in [1.54, 1.807) is 0 Å². The zero-order valence-electron chi connectivity index (χ0n) is 10.8. The van der Waals surface area contributed by atoms with Crippen LogP contribution in [0, 0.1) is 11.3 Å². The van der Waals surface area contributed by atoms with Gasteiger partial charge in [-0.1, -0.05) is 41.9 Å². The lowest BCUT2D eigenvalue weighted by Crippen LogP contribution is -2.05. The van der Waals surface area contributed by atoms with Gasteiger partial charge in [-0.15, -0.1) is 0 Å². The highest BCUT2D eigenvalue weighted by Gasteiger charge is 2.11. The molecule has 0 aliphatic rings. The van der Waals surface area contributed by atoms with E-state index in [0.717, 1.165) is 27.4 Å². The SMILES string of the molecule is N#CCc1nc2ccccc2n1Cc1ccccc1Cl. The third-order valence-electron chi connectivity index (χ3n) is 3.26. The molecule has 0 amide bonds. The molecule has 0 saturated heterocycles. The van der Waals surface area contributed by atoms with E-state index in [-0.39, 0.29) is 0 Å². The van der Waals surface area contributed by atoms with Gasteiger partial charge >= 0.3 is 0 Å². The molecule has 0 aliphatic heterocycles. The maximum atomic E-state index is 8.96. The Hall–Kier alpha value is -2.31. The number of imidazole rings is 1. The third-order valence-corrected chi connectivity index (χ3v) is 3.63. The number of hydrogen-bond donors (Lipinski definition) is 0. The van der Waals surface area contributed by atoms with E-state index in [1.165, 1.54) is 0 Å². The molecular weight excluding hydrogens is 270 g/mol. The fraction of sp³-hybridized carbons (Fsp3) is 0.125. The molecule has 3 rings (SSSR count). The van der Waals surface area contributed by atoms with Crippen LogP contribution in [0.15, 0.2) is 48.5 Å². The van der Waals surface area contributed by atoms with Crippen molar-refractivity contribution in [3.05, 3.63) is 64.9 Å². The standard InChI is InChI=1S/C16H12ClN3/c17-13-6-2-1-5-12(13)11-20-15-8-4-3-7-14(15)19-16(20)9-10-18/h1-8H,9,11H2. The van der Waals surface area contributed by atoms with Gasteiger partial charge in [-0.2, -0.15) is 5.26 Å². The van der Waals surface area contributed by atoms with Crippen LogP contribution in [0.4, 0.5) is 0 Å². The minimum Gasteiger partial charge on any atom is -0.323 e. The van der Waals surface area contributed by atoms with Crippen molar-refractivity contribution in [3.63, 3.8) is 0 Å². The van der Waals surface area contributed by atoms with Gasteiger partial charge in [0.2, 0.25) is 0 Å². The lowest BCUT2D eigenvalue weighted by molar-refractivity contribution is 0.770. The van der Waals surface area contributed by atoms with Crippen LogP contribution in [0.3, 0.4) is 0 Å². The fourth-order valence-electron chi connectivity index (χ4n) is 2.30. The third kappa shape index (κ3) is 2.26. The van der Waals surface area contributed by atoms with E-state index in [0.29, 0.717) is 13.0 Å². The molecular formula is C16H12ClN3. The van der Waals surface area contributed by atoms with Crippen molar-refractivity contribution in [1.29, 1.82) is 5.26 Å². The highest BCUT2D eigenvalue weighted by Crippen LogP contribution is 2.21. The summed E-state index contributed by atoms with van der Waals surface area (Å²) in [5, 5.41) is 9.69. The molecule has 1 heterocycles. The molecule has 0 aliphatic carbocycles. The fourth-order valence-corrected chi connectivity index (χ4v) is 2.50. The van der Waals surface area contributed by atoms with Crippen LogP contribution in [0.2, 0.25) is 5.02 Å². The van der Waals surface area contributed by atoms with Crippen LogP contribution >= 0.6 is 11.6 Å². The van der Waals surface area contributed by atoms with Gasteiger partial charge in [0, 0.05) is 5.02 Å². The van der Waals surface area contributed by atoms with E-state index in [2.05, 4.69) is 15.6 Å². The minimum atomic E-state index is 0.291. The average Bonchev–Trinajstić information content (AvgIpc) is 2.80. The maximum absolute atomic E-state index is 8.96. The predicted molar refractivity (Wildman–Crippen MR) is 79.6 cm³/mol. The summed E-state index contributed by atoms with van der Waals surface area (Å²) in [7, 11) is 0. The van der Waals surface area contributed by atoms with Gasteiger partial charge in [-0.3, -0.25) is 0 Å². The molecule has 0 fully saturated rings. The number of fused-ring (bicyclic) bond motifs is 1. The quantitative estimate of drug-likeness (QED) is 0.733. The highest BCUT2D eigenvalue weighted by atomic mass is 35.5. The van der Waals surface area contributed by atoms with Crippen LogP contribution in [-0.2, 0) is 13.0 Å². The summed E-state index contributed by atoms with van der Waals surface area (Å²) in [5.74, 6) is 0.772. The summed E-state index contributed by atoms with van der Waals surface area (Å²) in [4.78, 5) is 4.53. The molecule has 0 bridgehead atoms. The smallest absolute Gasteiger partial charge is 0.124 e. The molecule has 0 N–H and O–H groups in total. The van der Waals surface area contributed by atoms with E-state index in [4.69, 9.17) is 16.9 Å². The monoisotopic (exact) mass is 281 g/mol. The van der Waals surface area contributed by atoms with Gasteiger partial charge < -0.3 is 4.57 Å². The first kappa shape index (κ1) is 12.7. The van der Waals surface area contributed by atoms with Crippen molar-refractivity contribution in [2.24, 2.45) is 0 Å². The second-order valence-corrected chi connectivity index (χ2v) is 4.94. The van der Waals surface area contributed by atoms with Gasteiger partial charge in [0.25, 0.3) is 0 Å². The summed E-state index contributed by atoms with van der Waals surface area (Å²) >= 11 is 6.22. The van der Waals surface area contributed by atoms with Crippen molar-refractivity contribution in [2.45, 2.75) is 13.0 Å². The van der Waals surface area contributed by atoms with Crippen LogP contribution in [0.25, 0.3) is 11.0 Å². The van der Waals surface area contributed by atoms with E-state index >= 15 is 0 Å². The molecule has 4 heteroatoms. The second kappa shape index (κ2) is 5.36. The summed E-state index contributed by atoms with van der Waals surface area (Å²) in [6.07, 6.45) is 0.291. The maximum Gasteiger partial charge on any atom is 0.124 e. The Balaban J connectivity index is 2.12. The molecule has 3 nitrogen and oxygen atoms in total. The number of benzene rings is 2. The molecule has 0 saturated carbocycles. The van der Waals surface area contributed by atoms with Crippen molar-refractivity contribution >= 4 is 22.6 Å². The Morgan fingerprint density at radius 1 is 1.10 bits per heavy atom.